The molecular weight excluding hydrogens is 310 g/mol. The van der Waals surface area contributed by atoms with E-state index in [1.165, 1.54) is 11.3 Å². The predicted octanol–water partition coefficient (Wildman–Crippen LogP) is 1.56. The highest BCUT2D eigenvalue weighted by atomic mass is 32.1. The second-order valence-corrected chi connectivity index (χ2v) is 5.10. The molecule has 0 saturated carbocycles. The van der Waals surface area contributed by atoms with E-state index in [2.05, 4.69) is 15.5 Å². The predicted molar refractivity (Wildman–Crippen MR) is 77.8 cm³/mol. The smallest absolute Gasteiger partial charge is 0.311 e. The number of carbonyl (C=O) groups is 2. The van der Waals surface area contributed by atoms with Crippen molar-refractivity contribution in [3.05, 3.63) is 22.9 Å². The third-order valence-electron chi connectivity index (χ3n) is 2.39. The third-order valence-corrected chi connectivity index (χ3v) is 3.19. The number of ether oxygens (including phenoxy) is 2. The summed E-state index contributed by atoms with van der Waals surface area (Å²) < 4.78 is 14.8. The van der Waals surface area contributed by atoms with E-state index in [1.54, 1.807) is 25.3 Å². The van der Waals surface area contributed by atoms with Crippen LogP contribution < -0.4 is 10.1 Å². The van der Waals surface area contributed by atoms with Crippen molar-refractivity contribution in [2.45, 2.75) is 20.3 Å². The SMILES string of the molecule is CCOC(=O)Cc1csc(NC(=O)COc2cc(C)on2)n1. The molecular formula is C13H15N3O5S. The molecule has 0 atom stereocenters. The lowest BCUT2D eigenvalue weighted by Crippen LogP contribution is -2.20. The van der Waals surface area contributed by atoms with Gasteiger partial charge in [0.05, 0.1) is 18.7 Å². The molecule has 0 aliphatic heterocycles. The fourth-order valence-electron chi connectivity index (χ4n) is 1.51. The number of aromatic nitrogens is 2. The van der Waals surface area contributed by atoms with Crippen molar-refractivity contribution in [2.24, 2.45) is 0 Å². The Morgan fingerprint density at radius 1 is 1.45 bits per heavy atom. The van der Waals surface area contributed by atoms with Crippen molar-refractivity contribution in [2.75, 3.05) is 18.5 Å². The van der Waals surface area contributed by atoms with Gasteiger partial charge in [-0.2, -0.15) is 0 Å². The molecule has 1 amide bonds. The van der Waals surface area contributed by atoms with Gasteiger partial charge in [0.2, 0.25) is 0 Å². The molecule has 0 unspecified atom stereocenters. The highest BCUT2D eigenvalue weighted by Crippen LogP contribution is 2.16. The Morgan fingerprint density at radius 2 is 2.27 bits per heavy atom. The zero-order chi connectivity index (χ0) is 15.9. The third kappa shape index (κ3) is 4.85. The average molecular weight is 325 g/mol. The number of hydrogen-bond donors (Lipinski definition) is 1. The van der Waals surface area contributed by atoms with Gasteiger partial charge in [-0.15, -0.1) is 11.3 Å². The molecule has 2 heterocycles. The topological polar surface area (TPSA) is 104 Å². The number of esters is 1. The fraction of sp³-hybridized carbons (Fsp3) is 0.385. The zero-order valence-electron chi connectivity index (χ0n) is 12.1. The summed E-state index contributed by atoms with van der Waals surface area (Å²) in [6.07, 6.45) is 0.0783. The zero-order valence-corrected chi connectivity index (χ0v) is 12.9. The lowest BCUT2D eigenvalue weighted by Gasteiger charge is -2.02. The van der Waals surface area contributed by atoms with Crippen LogP contribution in [0.5, 0.6) is 5.88 Å². The summed E-state index contributed by atoms with van der Waals surface area (Å²) in [5.74, 6) is 0.113. The van der Waals surface area contributed by atoms with Gasteiger partial charge in [-0.1, -0.05) is 0 Å². The van der Waals surface area contributed by atoms with E-state index in [4.69, 9.17) is 14.0 Å². The Hall–Kier alpha value is -2.42. The molecule has 8 nitrogen and oxygen atoms in total. The van der Waals surface area contributed by atoms with Gasteiger partial charge in [-0.3, -0.25) is 14.9 Å². The standard InChI is InChI=1S/C13H15N3O5S/c1-3-19-12(18)5-9-7-22-13(14-9)15-10(17)6-20-11-4-8(2)21-16-11/h4,7H,3,5-6H2,1-2H3,(H,14,15,17). The van der Waals surface area contributed by atoms with Crippen molar-refractivity contribution in [1.82, 2.24) is 10.1 Å². The molecule has 0 aliphatic rings. The summed E-state index contributed by atoms with van der Waals surface area (Å²) in [7, 11) is 0. The van der Waals surface area contributed by atoms with E-state index in [-0.39, 0.29) is 30.8 Å². The van der Waals surface area contributed by atoms with Crippen LogP contribution in [0.2, 0.25) is 0 Å². The van der Waals surface area contributed by atoms with Crippen LogP contribution in [0.15, 0.2) is 16.0 Å². The van der Waals surface area contributed by atoms with E-state index in [9.17, 15) is 9.59 Å². The van der Waals surface area contributed by atoms with Crippen LogP contribution in [-0.4, -0.2) is 35.2 Å². The van der Waals surface area contributed by atoms with E-state index in [1.807, 2.05) is 0 Å². The van der Waals surface area contributed by atoms with Crippen molar-refractivity contribution in [3.8, 4) is 5.88 Å². The molecule has 0 radical (unpaired) electrons. The summed E-state index contributed by atoms with van der Waals surface area (Å²) >= 11 is 1.22. The van der Waals surface area contributed by atoms with Crippen LogP contribution in [0.25, 0.3) is 0 Å². The van der Waals surface area contributed by atoms with Gasteiger partial charge in [-0.25, -0.2) is 4.98 Å². The first-order chi connectivity index (χ1) is 10.6. The second-order valence-electron chi connectivity index (χ2n) is 4.24. The summed E-state index contributed by atoms with van der Waals surface area (Å²) in [5.41, 5.74) is 0.548. The normalized spacial score (nSPS) is 10.3. The summed E-state index contributed by atoms with van der Waals surface area (Å²) in [5, 5.41) is 8.27. The number of nitrogens with one attached hydrogen (secondary N) is 1. The highest BCUT2D eigenvalue weighted by molar-refractivity contribution is 7.13. The number of carbonyl (C=O) groups excluding carboxylic acids is 2. The van der Waals surface area contributed by atoms with Gasteiger partial charge in [0.15, 0.2) is 11.7 Å². The maximum absolute atomic E-state index is 11.7. The minimum Gasteiger partial charge on any atom is -0.466 e. The minimum atomic E-state index is -0.377. The van der Waals surface area contributed by atoms with Gasteiger partial charge in [0.1, 0.15) is 5.76 Å². The number of thiazole rings is 1. The van der Waals surface area contributed by atoms with Crippen LogP contribution in [-0.2, 0) is 20.7 Å². The van der Waals surface area contributed by atoms with Gasteiger partial charge < -0.3 is 14.0 Å². The summed E-state index contributed by atoms with van der Waals surface area (Å²) in [4.78, 5) is 27.2. The first-order valence-corrected chi connectivity index (χ1v) is 7.40. The highest BCUT2D eigenvalue weighted by Gasteiger charge is 2.11. The van der Waals surface area contributed by atoms with Crippen LogP contribution in [0.4, 0.5) is 5.13 Å². The maximum atomic E-state index is 11.7. The molecule has 2 aromatic rings. The number of anilines is 1. The van der Waals surface area contributed by atoms with E-state index < -0.39 is 0 Å². The molecule has 118 valence electrons. The molecule has 2 rings (SSSR count). The number of rotatable bonds is 7. The molecule has 2 aromatic heterocycles. The monoisotopic (exact) mass is 325 g/mol. The minimum absolute atomic E-state index is 0.0783. The van der Waals surface area contributed by atoms with Crippen molar-refractivity contribution in [1.29, 1.82) is 0 Å². The second kappa shape index (κ2) is 7.55. The number of amides is 1. The van der Waals surface area contributed by atoms with Crippen LogP contribution in [0.3, 0.4) is 0 Å². The van der Waals surface area contributed by atoms with Crippen molar-refractivity contribution < 1.29 is 23.6 Å². The molecule has 9 heteroatoms. The molecule has 22 heavy (non-hydrogen) atoms. The Bertz CT molecular complexity index is 652. The Balaban J connectivity index is 1.79. The largest absolute Gasteiger partial charge is 0.466 e. The maximum Gasteiger partial charge on any atom is 0.311 e. The van der Waals surface area contributed by atoms with Crippen LogP contribution >= 0.6 is 11.3 Å². The average Bonchev–Trinajstić information content (AvgIpc) is 3.06. The van der Waals surface area contributed by atoms with E-state index in [0.29, 0.717) is 23.2 Å². The Morgan fingerprint density at radius 3 is 2.95 bits per heavy atom. The van der Waals surface area contributed by atoms with Crippen molar-refractivity contribution >= 4 is 28.3 Å². The summed E-state index contributed by atoms with van der Waals surface area (Å²) in [6.45, 7) is 3.58. The molecule has 0 fully saturated rings. The first kappa shape index (κ1) is 16.0. The number of aryl methyl sites for hydroxylation is 1. The molecule has 0 bridgehead atoms. The molecule has 1 N–H and O–H groups in total. The van der Waals surface area contributed by atoms with Gasteiger partial charge in [0.25, 0.3) is 11.8 Å². The van der Waals surface area contributed by atoms with E-state index in [0.717, 1.165) is 0 Å². The molecule has 0 aliphatic carbocycles. The quantitative estimate of drug-likeness (QED) is 0.770. The number of hydrogen-bond acceptors (Lipinski definition) is 8. The molecule has 0 saturated heterocycles. The Kier molecular flexibility index (Phi) is 5.48. The summed E-state index contributed by atoms with van der Waals surface area (Å²) in [6, 6.07) is 1.58. The lowest BCUT2D eigenvalue weighted by molar-refractivity contribution is -0.142. The molecule has 0 spiro atoms. The number of nitrogens with zero attached hydrogens (tertiary/aromatic N) is 2. The van der Waals surface area contributed by atoms with Gasteiger partial charge >= 0.3 is 5.97 Å². The fourth-order valence-corrected chi connectivity index (χ4v) is 2.24. The first-order valence-electron chi connectivity index (χ1n) is 6.52. The van der Waals surface area contributed by atoms with E-state index >= 15 is 0 Å². The van der Waals surface area contributed by atoms with Crippen LogP contribution in [0, 0.1) is 6.92 Å². The molecule has 0 aromatic carbocycles. The van der Waals surface area contributed by atoms with Crippen molar-refractivity contribution in [3.63, 3.8) is 0 Å². The Labute approximate surface area is 130 Å². The lowest BCUT2D eigenvalue weighted by atomic mass is 10.3. The van der Waals surface area contributed by atoms with Crippen LogP contribution in [0.1, 0.15) is 18.4 Å². The van der Waals surface area contributed by atoms with Gasteiger partial charge in [-0.05, 0) is 19.0 Å². The van der Waals surface area contributed by atoms with Gasteiger partial charge in [0, 0.05) is 11.4 Å².